The Labute approximate surface area is 111 Å². The monoisotopic (exact) mass is 271 g/mol. The molecule has 0 amide bonds. The summed E-state index contributed by atoms with van der Waals surface area (Å²) in [5.74, 6) is 0. The fourth-order valence-corrected chi connectivity index (χ4v) is 3.21. The minimum atomic E-state index is -0.937. The molecule has 1 aromatic heterocycles. The highest BCUT2D eigenvalue weighted by molar-refractivity contribution is 7.15. The van der Waals surface area contributed by atoms with E-state index in [4.69, 9.17) is 0 Å². The zero-order valence-electron chi connectivity index (χ0n) is 11.0. The summed E-state index contributed by atoms with van der Waals surface area (Å²) >= 11 is 1.58. The largest absolute Gasteiger partial charge is 0.388 e. The number of hydrogen-bond acceptors (Lipinski definition) is 6. The first-order chi connectivity index (χ1) is 8.59. The molecule has 0 spiro atoms. The van der Waals surface area contributed by atoms with Gasteiger partial charge < -0.3 is 15.1 Å². The molecule has 18 heavy (non-hydrogen) atoms. The molecule has 102 valence electrons. The van der Waals surface area contributed by atoms with Crippen LogP contribution < -0.4 is 4.90 Å². The van der Waals surface area contributed by atoms with Gasteiger partial charge in [-0.3, -0.25) is 0 Å². The number of nitrogens with zero attached hydrogens (tertiary/aromatic N) is 3. The van der Waals surface area contributed by atoms with Gasteiger partial charge in [0.25, 0.3) is 0 Å². The number of aliphatic hydroxyl groups is 2. The highest BCUT2D eigenvalue weighted by Gasteiger charge is 2.39. The van der Waals surface area contributed by atoms with Gasteiger partial charge >= 0.3 is 0 Å². The van der Waals surface area contributed by atoms with Crippen molar-refractivity contribution in [3.63, 3.8) is 0 Å². The van der Waals surface area contributed by atoms with Crippen molar-refractivity contribution in [2.75, 3.05) is 18.0 Å². The molecule has 1 aliphatic rings. The number of aromatic nitrogens is 2. The fourth-order valence-electron chi connectivity index (χ4n) is 2.24. The van der Waals surface area contributed by atoms with Crippen LogP contribution in [0.1, 0.15) is 38.1 Å². The summed E-state index contributed by atoms with van der Waals surface area (Å²) in [4.78, 5) is 2.02. The minimum Gasteiger partial charge on any atom is -0.388 e. The summed E-state index contributed by atoms with van der Waals surface area (Å²) in [6.45, 7) is 5.18. The molecule has 0 bridgehead atoms. The van der Waals surface area contributed by atoms with Gasteiger partial charge in [-0.1, -0.05) is 25.2 Å². The van der Waals surface area contributed by atoms with E-state index in [2.05, 4.69) is 17.1 Å². The zero-order valence-corrected chi connectivity index (χ0v) is 11.8. The molecule has 6 heteroatoms. The number of anilines is 1. The quantitative estimate of drug-likeness (QED) is 0.861. The molecule has 0 unspecified atom stereocenters. The third-order valence-electron chi connectivity index (χ3n) is 3.63. The maximum absolute atomic E-state index is 10.2. The predicted molar refractivity (Wildman–Crippen MR) is 72.0 cm³/mol. The van der Waals surface area contributed by atoms with Crippen molar-refractivity contribution in [3.05, 3.63) is 5.01 Å². The number of aliphatic hydroxyl groups excluding tert-OH is 1. The van der Waals surface area contributed by atoms with Crippen LogP contribution in [-0.2, 0) is 6.42 Å². The van der Waals surface area contributed by atoms with Crippen molar-refractivity contribution < 1.29 is 10.2 Å². The van der Waals surface area contributed by atoms with E-state index >= 15 is 0 Å². The van der Waals surface area contributed by atoms with Gasteiger partial charge in [0.2, 0.25) is 5.13 Å². The number of rotatable bonds is 4. The van der Waals surface area contributed by atoms with Crippen LogP contribution in [0.5, 0.6) is 0 Å². The van der Waals surface area contributed by atoms with Gasteiger partial charge in [-0.2, -0.15) is 0 Å². The summed E-state index contributed by atoms with van der Waals surface area (Å²) in [7, 11) is 0. The molecule has 5 nitrogen and oxygen atoms in total. The zero-order chi connectivity index (χ0) is 13.2. The van der Waals surface area contributed by atoms with E-state index in [1.54, 1.807) is 11.3 Å². The second-order valence-electron chi connectivity index (χ2n) is 4.90. The van der Waals surface area contributed by atoms with Gasteiger partial charge in [0.15, 0.2) is 0 Å². The molecule has 2 rings (SSSR count). The van der Waals surface area contributed by atoms with Crippen LogP contribution in [0.15, 0.2) is 0 Å². The Hall–Kier alpha value is -0.720. The molecule has 0 aromatic carbocycles. The molecule has 0 aliphatic carbocycles. The first-order valence-electron chi connectivity index (χ1n) is 6.57. The van der Waals surface area contributed by atoms with E-state index in [-0.39, 0.29) is 0 Å². The first-order valence-corrected chi connectivity index (χ1v) is 7.38. The molecule has 0 radical (unpaired) electrons. The summed E-state index contributed by atoms with van der Waals surface area (Å²) in [5.41, 5.74) is -0.937. The Morgan fingerprint density at radius 3 is 2.83 bits per heavy atom. The van der Waals surface area contributed by atoms with Crippen molar-refractivity contribution in [2.45, 2.75) is 51.2 Å². The normalized spacial score (nSPS) is 28.7. The Balaban J connectivity index is 2.03. The summed E-state index contributed by atoms with van der Waals surface area (Å²) in [6.07, 6.45) is 2.46. The second kappa shape index (κ2) is 5.50. The van der Waals surface area contributed by atoms with Gasteiger partial charge in [-0.25, -0.2) is 0 Å². The number of hydrogen-bond donors (Lipinski definition) is 2. The van der Waals surface area contributed by atoms with Crippen molar-refractivity contribution in [2.24, 2.45) is 0 Å². The summed E-state index contributed by atoms with van der Waals surface area (Å²) in [5, 5.41) is 30.4. The second-order valence-corrected chi connectivity index (χ2v) is 5.94. The number of aryl methyl sites for hydroxylation is 1. The maximum Gasteiger partial charge on any atom is 0.208 e. The summed E-state index contributed by atoms with van der Waals surface area (Å²) in [6, 6.07) is 0. The van der Waals surface area contributed by atoms with Crippen LogP contribution >= 0.6 is 11.3 Å². The van der Waals surface area contributed by atoms with E-state index in [9.17, 15) is 10.2 Å². The Kier molecular flexibility index (Phi) is 4.19. The van der Waals surface area contributed by atoms with E-state index in [0.717, 1.165) is 29.5 Å². The van der Waals surface area contributed by atoms with Crippen LogP contribution in [0.25, 0.3) is 0 Å². The smallest absolute Gasteiger partial charge is 0.208 e. The molecule has 1 fully saturated rings. The van der Waals surface area contributed by atoms with E-state index in [0.29, 0.717) is 19.4 Å². The molecular formula is C12H21N3O2S. The van der Waals surface area contributed by atoms with Crippen LogP contribution in [0.2, 0.25) is 0 Å². The minimum absolute atomic E-state index is 0.436. The average Bonchev–Trinajstić information content (AvgIpc) is 2.82. The van der Waals surface area contributed by atoms with Gasteiger partial charge in [-0.15, -0.1) is 10.2 Å². The molecule has 2 atom stereocenters. The third-order valence-corrected chi connectivity index (χ3v) is 4.67. The van der Waals surface area contributed by atoms with Gasteiger partial charge in [0.1, 0.15) is 11.1 Å². The van der Waals surface area contributed by atoms with Crippen LogP contribution in [0.3, 0.4) is 0 Å². The first kappa shape index (κ1) is 13.7. The SMILES string of the molecule is CCCc1nnc(N2CC[C@](O)(CC)[C@H](O)C2)s1. The Bertz CT molecular complexity index is 398. The standard InChI is InChI=1S/C12H21N3O2S/c1-3-5-10-13-14-11(18-10)15-7-6-12(17,4-2)9(16)8-15/h9,16-17H,3-8H2,1-2H3/t9-,12-/m1/s1. The van der Waals surface area contributed by atoms with Crippen molar-refractivity contribution >= 4 is 16.5 Å². The number of β-amino-alcohol motifs (C(OH)–C–C–N with tert-alkyl or cyclic N) is 1. The highest BCUT2D eigenvalue weighted by Crippen LogP contribution is 2.30. The average molecular weight is 271 g/mol. The Morgan fingerprint density at radius 2 is 2.22 bits per heavy atom. The lowest BCUT2D eigenvalue weighted by molar-refractivity contribution is -0.0879. The van der Waals surface area contributed by atoms with Crippen LogP contribution in [-0.4, -0.2) is 45.2 Å². The summed E-state index contributed by atoms with van der Waals surface area (Å²) < 4.78 is 0. The molecule has 1 aliphatic heterocycles. The van der Waals surface area contributed by atoms with E-state index in [1.807, 2.05) is 11.8 Å². The van der Waals surface area contributed by atoms with E-state index < -0.39 is 11.7 Å². The molecule has 1 saturated heterocycles. The molecule has 2 N–H and O–H groups in total. The van der Waals surface area contributed by atoms with Gasteiger partial charge in [-0.05, 0) is 19.3 Å². The molecule has 2 heterocycles. The van der Waals surface area contributed by atoms with Crippen LogP contribution in [0.4, 0.5) is 5.13 Å². The molecule has 0 saturated carbocycles. The van der Waals surface area contributed by atoms with Crippen molar-refractivity contribution in [3.8, 4) is 0 Å². The molecule has 1 aromatic rings. The van der Waals surface area contributed by atoms with Crippen molar-refractivity contribution in [1.82, 2.24) is 10.2 Å². The molecular weight excluding hydrogens is 250 g/mol. The topological polar surface area (TPSA) is 69.5 Å². The van der Waals surface area contributed by atoms with E-state index in [1.165, 1.54) is 0 Å². The fraction of sp³-hybridized carbons (Fsp3) is 0.833. The number of piperidine rings is 1. The predicted octanol–water partition coefficient (Wildman–Crippen LogP) is 1.20. The lowest BCUT2D eigenvalue weighted by atomic mass is 9.86. The highest BCUT2D eigenvalue weighted by atomic mass is 32.1. The third kappa shape index (κ3) is 2.65. The maximum atomic E-state index is 10.2. The van der Waals surface area contributed by atoms with Gasteiger partial charge in [0.05, 0.1) is 5.60 Å². The lowest BCUT2D eigenvalue weighted by Gasteiger charge is -2.41. The lowest BCUT2D eigenvalue weighted by Crippen LogP contribution is -2.55. The van der Waals surface area contributed by atoms with Crippen LogP contribution in [0, 0.1) is 0 Å². The van der Waals surface area contributed by atoms with Crippen molar-refractivity contribution in [1.29, 1.82) is 0 Å². The Morgan fingerprint density at radius 1 is 1.44 bits per heavy atom. The van der Waals surface area contributed by atoms with Gasteiger partial charge in [0, 0.05) is 19.5 Å².